The first kappa shape index (κ1) is 23.0. The zero-order valence-electron chi connectivity index (χ0n) is 19.7. The van der Waals surface area contributed by atoms with Crippen LogP contribution in [0.1, 0.15) is 25.7 Å². The molecule has 0 unspecified atom stereocenters. The van der Waals surface area contributed by atoms with E-state index in [9.17, 15) is 19.2 Å². The van der Waals surface area contributed by atoms with E-state index in [4.69, 9.17) is 21.1 Å². The molecule has 4 aliphatic rings. The van der Waals surface area contributed by atoms with Gasteiger partial charge < -0.3 is 14.4 Å². The van der Waals surface area contributed by atoms with Crippen LogP contribution in [0.2, 0.25) is 5.02 Å². The summed E-state index contributed by atoms with van der Waals surface area (Å²) >= 11 is 6.10. The van der Waals surface area contributed by atoms with Crippen LogP contribution in [0.5, 0.6) is 11.5 Å². The number of nitrogens with zero attached hydrogens (tertiary/aromatic N) is 2. The highest BCUT2D eigenvalue weighted by Crippen LogP contribution is 2.56. The molecule has 2 aliphatic carbocycles. The van der Waals surface area contributed by atoms with Gasteiger partial charge in [-0.3, -0.25) is 24.1 Å². The van der Waals surface area contributed by atoms with Gasteiger partial charge >= 0.3 is 5.97 Å². The Morgan fingerprint density at radius 3 is 2.28 bits per heavy atom. The Balaban J connectivity index is 1.13. The standard InChI is InChI=1S/C27H25ClN2O6/c1-35-21-9-4-17(28)12-20(21)29-13-16(11-22(29)31)27(34)36-19-7-5-18(6-8-19)30-25(32)23-14-2-3-15(10-14)24(23)26(30)33/h4-9,12,14-16,23-24H,2-3,10-11,13H2,1H3/t14-,15-,16-,23-,24+/m0/s1. The Bertz CT molecular complexity index is 1250. The molecule has 5 atom stereocenters. The largest absolute Gasteiger partial charge is 0.495 e. The first-order chi connectivity index (χ1) is 17.4. The minimum Gasteiger partial charge on any atom is -0.495 e. The number of halogens is 1. The van der Waals surface area contributed by atoms with Crippen molar-refractivity contribution in [1.82, 2.24) is 0 Å². The van der Waals surface area contributed by atoms with Crippen molar-refractivity contribution in [3.05, 3.63) is 47.5 Å². The van der Waals surface area contributed by atoms with Crippen LogP contribution >= 0.6 is 11.6 Å². The highest BCUT2D eigenvalue weighted by atomic mass is 35.5. The summed E-state index contributed by atoms with van der Waals surface area (Å²) in [5.41, 5.74) is 1.00. The van der Waals surface area contributed by atoms with Gasteiger partial charge in [0.15, 0.2) is 0 Å². The fraction of sp³-hybridized carbons (Fsp3) is 0.407. The minimum atomic E-state index is -0.655. The molecule has 0 spiro atoms. The van der Waals surface area contributed by atoms with Crippen LogP contribution in [0.25, 0.3) is 0 Å². The van der Waals surface area contributed by atoms with Crippen LogP contribution in [-0.4, -0.2) is 37.3 Å². The first-order valence-electron chi connectivity index (χ1n) is 12.2. The van der Waals surface area contributed by atoms with Crippen molar-refractivity contribution in [3.8, 4) is 11.5 Å². The molecule has 2 aliphatic heterocycles. The number of methoxy groups -OCH3 is 1. The van der Waals surface area contributed by atoms with E-state index in [2.05, 4.69) is 0 Å². The number of esters is 1. The first-order valence-corrected chi connectivity index (χ1v) is 12.6. The van der Waals surface area contributed by atoms with E-state index in [0.29, 0.717) is 34.0 Å². The van der Waals surface area contributed by atoms with E-state index in [1.807, 2.05) is 0 Å². The van der Waals surface area contributed by atoms with Gasteiger partial charge in [-0.25, -0.2) is 0 Å². The van der Waals surface area contributed by atoms with Crippen LogP contribution in [0, 0.1) is 29.6 Å². The quantitative estimate of drug-likeness (QED) is 0.346. The van der Waals surface area contributed by atoms with E-state index < -0.39 is 11.9 Å². The fourth-order valence-electron chi connectivity index (χ4n) is 6.50. The lowest BCUT2D eigenvalue weighted by molar-refractivity contribution is -0.139. The molecular weight excluding hydrogens is 484 g/mol. The van der Waals surface area contributed by atoms with Crippen LogP contribution in [0.4, 0.5) is 11.4 Å². The van der Waals surface area contributed by atoms with Gasteiger partial charge in [-0.15, -0.1) is 0 Å². The zero-order chi connectivity index (χ0) is 25.1. The summed E-state index contributed by atoms with van der Waals surface area (Å²) in [5, 5.41) is 0.455. The average molecular weight is 509 g/mol. The molecule has 8 nitrogen and oxygen atoms in total. The molecule has 2 aromatic carbocycles. The van der Waals surface area contributed by atoms with Gasteiger partial charge in [-0.05, 0) is 73.6 Å². The van der Waals surface area contributed by atoms with Crippen molar-refractivity contribution in [2.75, 3.05) is 23.5 Å². The summed E-state index contributed by atoms with van der Waals surface area (Å²) in [4.78, 5) is 54.4. The van der Waals surface area contributed by atoms with E-state index in [1.54, 1.807) is 42.5 Å². The molecule has 2 heterocycles. The molecule has 3 amide bonds. The third-order valence-electron chi connectivity index (χ3n) is 8.13. The van der Waals surface area contributed by atoms with E-state index >= 15 is 0 Å². The second-order valence-corrected chi connectivity index (χ2v) is 10.5. The number of benzene rings is 2. The smallest absolute Gasteiger partial charge is 0.316 e. The Kier molecular flexibility index (Phi) is 5.52. The maximum Gasteiger partial charge on any atom is 0.316 e. The van der Waals surface area contributed by atoms with Gasteiger partial charge in [-0.1, -0.05) is 11.6 Å². The Morgan fingerprint density at radius 2 is 1.64 bits per heavy atom. The van der Waals surface area contributed by atoms with Crippen LogP contribution in [0.15, 0.2) is 42.5 Å². The summed E-state index contributed by atoms with van der Waals surface area (Å²) < 4.78 is 10.9. The molecular formula is C27H25ClN2O6. The third kappa shape index (κ3) is 3.58. The number of hydrogen-bond donors (Lipinski definition) is 0. The maximum atomic E-state index is 13.0. The summed E-state index contributed by atoms with van der Waals surface area (Å²) in [6.45, 7) is 0.147. The molecule has 6 rings (SSSR count). The fourth-order valence-corrected chi connectivity index (χ4v) is 6.66. The van der Waals surface area contributed by atoms with Crippen molar-refractivity contribution in [2.45, 2.75) is 25.7 Å². The number of amides is 3. The van der Waals surface area contributed by atoms with E-state index in [-0.39, 0.29) is 48.3 Å². The Labute approximate surface area is 213 Å². The number of anilines is 2. The number of ether oxygens (including phenoxy) is 2. The molecule has 0 N–H and O–H groups in total. The van der Waals surface area contributed by atoms with E-state index in [1.165, 1.54) is 16.9 Å². The minimum absolute atomic E-state index is 0.00841. The van der Waals surface area contributed by atoms with Gasteiger partial charge in [0.1, 0.15) is 11.5 Å². The summed E-state index contributed by atoms with van der Waals surface area (Å²) in [7, 11) is 1.50. The van der Waals surface area contributed by atoms with Crippen molar-refractivity contribution in [2.24, 2.45) is 29.6 Å². The SMILES string of the molecule is COc1ccc(Cl)cc1N1C[C@@H](C(=O)Oc2ccc(N3C(=O)[C@@H]4[C@H]5CC[C@@H](C5)[C@@H]4C3=O)cc2)CC1=O. The number of hydrogen-bond acceptors (Lipinski definition) is 6. The van der Waals surface area contributed by atoms with Crippen LogP contribution in [0.3, 0.4) is 0 Å². The molecule has 2 saturated carbocycles. The van der Waals surface area contributed by atoms with Crippen molar-refractivity contribution in [3.63, 3.8) is 0 Å². The average Bonchev–Trinajstić information content (AvgIpc) is 3.63. The van der Waals surface area contributed by atoms with Gasteiger partial charge in [0.2, 0.25) is 17.7 Å². The second kappa shape index (κ2) is 8.62. The molecule has 36 heavy (non-hydrogen) atoms. The Hall–Kier alpha value is -3.39. The molecule has 2 aromatic rings. The van der Waals surface area contributed by atoms with Gasteiger partial charge in [0.25, 0.3) is 0 Å². The maximum absolute atomic E-state index is 13.0. The lowest BCUT2D eigenvalue weighted by Gasteiger charge is -2.20. The summed E-state index contributed by atoms with van der Waals surface area (Å²) in [6, 6.07) is 11.4. The molecule has 9 heteroatoms. The lowest BCUT2D eigenvalue weighted by atomic mass is 9.81. The zero-order valence-corrected chi connectivity index (χ0v) is 20.4. The Morgan fingerprint density at radius 1 is 0.972 bits per heavy atom. The highest BCUT2D eigenvalue weighted by Gasteiger charge is 2.61. The summed E-state index contributed by atoms with van der Waals surface area (Å²) in [5.74, 6) is -0.579. The number of carbonyl (C=O) groups excluding carboxylic acids is 4. The van der Waals surface area contributed by atoms with Crippen molar-refractivity contribution in [1.29, 1.82) is 0 Å². The second-order valence-electron chi connectivity index (χ2n) is 10.0. The molecule has 2 saturated heterocycles. The topological polar surface area (TPSA) is 93.2 Å². The van der Waals surface area contributed by atoms with Crippen LogP contribution in [-0.2, 0) is 19.2 Å². The lowest BCUT2D eigenvalue weighted by Crippen LogP contribution is -2.32. The van der Waals surface area contributed by atoms with Gasteiger partial charge in [0, 0.05) is 18.0 Å². The normalized spacial score (nSPS) is 28.7. The number of imide groups is 1. The van der Waals surface area contributed by atoms with Gasteiger partial charge in [0.05, 0.1) is 36.2 Å². The third-order valence-corrected chi connectivity index (χ3v) is 8.37. The molecule has 4 fully saturated rings. The number of fused-ring (bicyclic) bond motifs is 5. The monoisotopic (exact) mass is 508 g/mol. The molecule has 0 aromatic heterocycles. The van der Waals surface area contributed by atoms with E-state index in [0.717, 1.165) is 19.3 Å². The van der Waals surface area contributed by atoms with Crippen LogP contribution < -0.4 is 19.3 Å². The number of carbonyl (C=O) groups is 4. The summed E-state index contributed by atoms with van der Waals surface area (Å²) in [6.07, 6.45) is 3.05. The van der Waals surface area contributed by atoms with Gasteiger partial charge in [-0.2, -0.15) is 0 Å². The van der Waals surface area contributed by atoms with Crippen molar-refractivity contribution < 1.29 is 28.7 Å². The molecule has 2 bridgehead atoms. The predicted octanol–water partition coefficient (Wildman–Crippen LogP) is 3.84. The molecule has 0 radical (unpaired) electrons. The highest BCUT2D eigenvalue weighted by molar-refractivity contribution is 6.31. The number of rotatable bonds is 5. The predicted molar refractivity (Wildman–Crippen MR) is 131 cm³/mol. The molecule has 186 valence electrons. The van der Waals surface area contributed by atoms with Crippen molar-refractivity contribution >= 4 is 46.7 Å².